The van der Waals surface area contributed by atoms with Crippen molar-refractivity contribution >= 4 is 14.3 Å². The van der Waals surface area contributed by atoms with Crippen LogP contribution < -0.4 is 0 Å². The monoisotopic (exact) mass is 146 g/mol. The fourth-order valence-electron chi connectivity index (χ4n) is 0.747. The number of carbonyl (C=O) groups excluding carboxylic acids is 1. The first-order valence-electron chi connectivity index (χ1n) is 2.90. The molecule has 4 heteroatoms. The maximum atomic E-state index is 10.6. The molecule has 1 aliphatic rings. The van der Waals surface area contributed by atoms with Crippen molar-refractivity contribution in [3.05, 3.63) is 0 Å². The van der Waals surface area contributed by atoms with Gasteiger partial charge in [0.2, 0.25) is 0 Å². The minimum absolute atomic E-state index is 0.135. The van der Waals surface area contributed by atoms with Crippen molar-refractivity contribution in [2.75, 3.05) is 12.8 Å². The number of hydrogen-bond donors (Lipinski definition) is 0. The van der Waals surface area contributed by atoms with E-state index in [0.717, 1.165) is 0 Å². The summed E-state index contributed by atoms with van der Waals surface area (Å²) in [6.07, 6.45) is 0.638. The lowest BCUT2D eigenvalue weighted by Crippen LogP contribution is -2.45. The predicted molar refractivity (Wildman–Crippen MR) is 34.4 cm³/mol. The van der Waals surface area contributed by atoms with E-state index >= 15 is 0 Å². The first-order chi connectivity index (χ1) is 4.10. The van der Waals surface area contributed by atoms with Crippen molar-refractivity contribution in [2.45, 2.75) is 13.1 Å². The molecular formula is C5H10O3Si. The Hall–Kier alpha value is -0.353. The molecule has 0 bridgehead atoms. The lowest BCUT2D eigenvalue weighted by molar-refractivity contribution is -0.143. The molecule has 0 aromatic rings. The third kappa shape index (κ3) is 1.80. The smallest absolute Gasteiger partial charge is 0.318 e. The van der Waals surface area contributed by atoms with Crippen LogP contribution in [0.15, 0.2) is 0 Å². The molecule has 1 aliphatic heterocycles. The maximum absolute atomic E-state index is 10.6. The van der Waals surface area contributed by atoms with Crippen molar-refractivity contribution < 1.29 is 14.0 Å². The van der Waals surface area contributed by atoms with Crippen LogP contribution in [0, 0.1) is 0 Å². The molecular weight excluding hydrogens is 136 g/mol. The zero-order valence-electron chi connectivity index (χ0n) is 5.64. The minimum Gasteiger partial charge on any atom is -0.516 e. The molecule has 9 heavy (non-hydrogen) atoms. The summed E-state index contributed by atoms with van der Waals surface area (Å²) in [6.45, 7) is 4.06. The van der Waals surface area contributed by atoms with Gasteiger partial charge in [-0.25, -0.2) is 0 Å². The van der Waals surface area contributed by atoms with E-state index in [1.54, 1.807) is 0 Å². The van der Waals surface area contributed by atoms with Crippen LogP contribution in [-0.2, 0) is 14.0 Å². The molecule has 0 N–H and O–H groups in total. The average molecular weight is 146 g/mol. The Kier molecular flexibility index (Phi) is 1.59. The molecule has 3 nitrogen and oxygen atoms in total. The second-order valence-corrected chi connectivity index (χ2v) is 6.74. The Morgan fingerprint density at radius 2 is 2.22 bits per heavy atom. The van der Waals surface area contributed by atoms with Crippen LogP contribution in [0.1, 0.15) is 0 Å². The molecule has 0 aromatic heterocycles. The molecule has 0 unspecified atom stereocenters. The summed E-state index contributed by atoms with van der Waals surface area (Å²) in [5.74, 6) is -0.210. The number of ether oxygens (including phenoxy) is 1. The van der Waals surface area contributed by atoms with E-state index in [9.17, 15) is 4.79 Å². The lowest BCUT2D eigenvalue weighted by atomic mass is 10.8. The van der Waals surface area contributed by atoms with E-state index in [2.05, 4.69) is 0 Å². The first kappa shape index (κ1) is 6.76. The fourth-order valence-corrected chi connectivity index (χ4v) is 2.08. The molecule has 52 valence electrons. The van der Waals surface area contributed by atoms with Crippen LogP contribution in [0.2, 0.25) is 13.1 Å². The van der Waals surface area contributed by atoms with Crippen LogP contribution in [0.3, 0.4) is 0 Å². The third-order valence-electron chi connectivity index (χ3n) is 1.06. The number of carbonyl (C=O) groups is 1. The summed E-state index contributed by atoms with van der Waals surface area (Å²) in [5.41, 5.74) is 0. The van der Waals surface area contributed by atoms with Gasteiger partial charge in [-0.15, -0.1) is 0 Å². The molecule has 0 spiro atoms. The molecule has 0 atom stereocenters. The van der Waals surface area contributed by atoms with Gasteiger partial charge in [0.05, 0.1) is 6.23 Å². The SMILES string of the molecule is C[Si]1(C)COCC(=O)O1. The molecule has 1 rings (SSSR count). The Morgan fingerprint density at radius 1 is 1.56 bits per heavy atom. The highest BCUT2D eigenvalue weighted by molar-refractivity contribution is 6.72. The largest absolute Gasteiger partial charge is 0.516 e. The summed E-state index contributed by atoms with van der Waals surface area (Å²) in [6, 6.07) is 0. The van der Waals surface area contributed by atoms with Gasteiger partial charge in [0.15, 0.2) is 0 Å². The van der Waals surface area contributed by atoms with Gasteiger partial charge in [0, 0.05) is 0 Å². The van der Waals surface area contributed by atoms with Gasteiger partial charge in [-0.1, -0.05) is 0 Å². The Bertz CT molecular complexity index is 132. The van der Waals surface area contributed by atoms with E-state index < -0.39 is 8.32 Å². The number of rotatable bonds is 0. The Balaban J connectivity index is 2.51. The second kappa shape index (κ2) is 2.11. The maximum Gasteiger partial charge on any atom is 0.318 e. The Labute approximate surface area is 55.1 Å². The van der Waals surface area contributed by atoms with Crippen LogP contribution in [-0.4, -0.2) is 27.1 Å². The molecule has 1 fully saturated rings. The minimum atomic E-state index is -1.73. The summed E-state index contributed by atoms with van der Waals surface area (Å²) >= 11 is 0. The van der Waals surface area contributed by atoms with Gasteiger partial charge < -0.3 is 9.16 Å². The number of hydrogen-bond acceptors (Lipinski definition) is 3. The van der Waals surface area contributed by atoms with Crippen molar-refractivity contribution in [1.29, 1.82) is 0 Å². The molecule has 1 heterocycles. The van der Waals surface area contributed by atoms with Gasteiger partial charge in [-0.2, -0.15) is 0 Å². The lowest BCUT2D eigenvalue weighted by Gasteiger charge is -2.26. The normalized spacial score (nSPS) is 25.3. The topological polar surface area (TPSA) is 35.5 Å². The van der Waals surface area contributed by atoms with Crippen molar-refractivity contribution in [2.24, 2.45) is 0 Å². The Morgan fingerprint density at radius 3 is 2.56 bits per heavy atom. The predicted octanol–water partition coefficient (Wildman–Crippen LogP) is 0.304. The van der Waals surface area contributed by atoms with Gasteiger partial charge in [-0.05, 0) is 13.1 Å². The quantitative estimate of drug-likeness (QED) is 0.461. The highest BCUT2D eigenvalue weighted by Crippen LogP contribution is 2.09. The zero-order chi connectivity index (χ0) is 6.91. The van der Waals surface area contributed by atoms with E-state index in [1.165, 1.54) is 0 Å². The highest BCUT2D eigenvalue weighted by atomic mass is 28.4. The van der Waals surface area contributed by atoms with Crippen molar-refractivity contribution in [1.82, 2.24) is 0 Å². The fraction of sp³-hybridized carbons (Fsp3) is 0.800. The molecule has 0 saturated carbocycles. The second-order valence-electron chi connectivity index (χ2n) is 2.73. The molecule has 1 saturated heterocycles. The highest BCUT2D eigenvalue weighted by Gasteiger charge is 2.31. The zero-order valence-corrected chi connectivity index (χ0v) is 6.64. The van der Waals surface area contributed by atoms with Crippen LogP contribution >= 0.6 is 0 Å². The molecule has 0 aliphatic carbocycles. The van der Waals surface area contributed by atoms with Crippen LogP contribution in [0.25, 0.3) is 0 Å². The van der Waals surface area contributed by atoms with Gasteiger partial charge >= 0.3 is 5.97 Å². The summed E-state index contributed by atoms with van der Waals surface area (Å²) in [4.78, 5) is 10.6. The van der Waals surface area contributed by atoms with Crippen molar-refractivity contribution in [3.8, 4) is 0 Å². The van der Waals surface area contributed by atoms with E-state index in [4.69, 9.17) is 9.16 Å². The summed E-state index contributed by atoms with van der Waals surface area (Å²) in [5, 5.41) is 0. The standard InChI is InChI=1S/C5H10O3Si/c1-9(2)4-7-3-5(6)8-9/h3-4H2,1-2H3. The van der Waals surface area contributed by atoms with Crippen LogP contribution in [0.4, 0.5) is 0 Å². The first-order valence-corrected chi connectivity index (χ1v) is 6.01. The molecule has 0 aromatic carbocycles. The summed E-state index contributed by atoms with van der Waals surface area (Å²) in [7, 11) is -1.73. The molecule has 0 radical (unpaired) electrons. The third-order valence-corrected chi connectivity index (χ3v) is 2.74. The van der Waals surface area contributed by atoms with Gasteiger partial charge in [0.1, 0.15) is 6.61 Å². The molecule has 0 amide bonds. The van der Waals surface area contributed by atoms with Gasteiger partial charge in [0.25, 0.3) is 8.32 Å². The van der Waals surface area contributed by atoms with Gasteiger partial charge in [-0.3, -0.25) is 4.79 Å². The average Bonchev–Trinajstić information content (AvgIpc) is 1.60. The van der Waals surface area contributed by atoms with Crippen molar-refractivity contribution in [3.63, 3.8) is 0 Å². The van der Waals surface area contributed by atoms with Crippen LogP contribution in [0.5, 0.6) is 0 Å². The van der Waals surface area contributed by atoms with E-state index in [-0.39, 0.29) is 12.6 Å². The summed E-state index contributed by atoms with van der Waals surface area (Å²) < 4.78 is 10.0. The van der Waals surface area contributed by atoms with E-state index in [1.807, 2.05) is 13.1 Å². The van der Waals surface area contributed by atoms with E-state index in [0.29, 0.717) is 6.23 Å².